The van der Waals surface area contributed by atoms with Crippen LogP contribution >= 0.6 is 0 Å². The zero-order chi connectivity index (χ0) is 17.1. The van der Waals surface area contributed by atoms with E-state index in [0.29, 0.717) is 0 Å². The molecule has 0 spiro atoms. The Morgan fingerprint density at radius 2 is 0.455 bits per heavy atom. The second-order valence-electron chi connectivity index (χ2n) is 1.92. The molecule has 0 aromatic carbocycles. The third kappa shape index (κ3) is 73.1. The predicted molar refractivity (Wildman–Crippen MR) is 68.6 cm³/mol. The predicted octanol–water partition coefficient (Wildman–Crippen LogP) is 2.49. The number of hydrogen-bond acceptors (Lipinski definition) is 0. The molecule has 6 heteroatoms. The summed E-state index contributed by atoms with van der Waals surface area (Å²) in [6.45, 7) is 25.0. The van der Waals surface area contributed by atoms with Crippen molar-refractivity contribution in [3.63, 3.8) is 0 Å². The van der Waals surface area contributed by atoms with Crippen LogP contribution in [0.5, 0.6) is 0 Å². The summed E-state index contributed by atoms with van der Waals surface area (Å²) in [6.07, 6.45) is 20.0. The molecule has 0 unspecified atom stereocenters. The van der Waals surface area contributed by atoms with Gasteiger partial charge < -0.3 is 6.58 Å². The number of hydrogen-bond donors (Lipinski definition) is 0. The van der Waals surface area contributed by atoms with Gasteiger partial charge in [-0.15, -0.1) is 0 Å². The van der Waals surface area contributed by atoms with Gasteiger partial charge in [0.1, 0.15) is 0 Å². The fraction of sp³-hybridized carbons (Fsp3) is 0. The molecule has 0 heterocycles. The summed E-state index contributed by atoms with van der Waals surface area (Å²) in [7, 11) is 0. The van der Waals surface area contributed by atoms with Crippen molar-refractivity contribution in [3.05, 3.63) is 104 Å². The van der Waals surface area contributed by atoms with Gasteiger partial charge in [0.2, 0.25) is 0 Å². The summed E-state index contributed by atoms with van der Waals surface area (Å²) in [5.74, 6) is 0. The minimum absolute atomic E-state index is 0. The molecule has 0 saturated heterocycles. The summed E-state index contributed by atoms with van der Waals surface area (Å²) in [4.78, 5) is 0. The Bertz CT molecular complexity index is 156. The smallest absolute Gasteiger partial charge is 0 e. The molecule has 2 aliphatic rings. The summed E-state index contributed by atoms with van der Waals surface area (Å²) >= 11 is 0. The van der Waals surface area contributed by atoms with Crippen molar-refractivity contribution >= 4 is 0 Å². The SMILES string of the molecule is [C-]#[O+].[C-]#[O+].[C-]#[O+].[C-]#[O+].[CH-]=C.[CH]1[CH][CH][CH][CH]1.[CH]1[CH][CH][CH][CH]1.[Mn].[Mn]. The van der Waals surface area contributed by atoms with Crippen LogP contribution in [0.2, 0.25) is 0 Å². The van der Waals surface area contributed by atoms with Crippen molar-refractivity contribution in [3.8, 4) is 0 Å². The fourth-order valence-corrected chi connectivity index (χ4v) is 0.642. The molecule has 2 saturated carbocycles. The van der Waals surface area contributed by atoms with Crippen LogP contribution in [0.3, 0.4) is 0 Å². The van der Waals surface area contributed by atoms with E-state index < -0.39 is 0 Å². The molecule has 0 amide bonds. The van der Waals surface area contributed by atoms with Crippen LogP contribution in [-0.4, -0.2) is 0 Å². The largest absolute Gasteiger partial charge is 0.521 e. The summed E-state index contributed by atoms with van der Waals surface area (Å²) < 4.78 is 30.0. The van der Waals surface area contributed by atoms with Gasteiger partial charge in [0, 0.05) is 34.1 Å². The minimum Gasteiger partial charge on any atom is -0.521 e. The molecule has 2 rings (SSSR count). The van der Waals surface area contributed by atoms with Gasteiger partial charge in [-0.2, -0.15) is 0 Å². The molecule has 0 bridgehead atoms. The monoisotopic (exact) mass is 379 g/mol. The van der Waals surface area contributed by atoms with E-state index in [1.54, 1.807) is 0 Å². The van der Waals surface area contributed by atoms with E-state index in [4.69, 9.17) is 18.6 Å². The molecule has 0 atom stereocenters. The van der Waals surface area contributed by atoms with Crippen LogP contribution in [0.1, 0.15) is 0 Å². The molecular formula is C16H13Mn2O4-. The molecular weight excluding hydrogens is 366 g/mol. The van der Waals surface area contributed by atoms with Gasteiger partial charge in [0.25, 0.3) is 0 Å². The van der Waals surface area contributed by atoms with E-state index in [-0.39, 0.29) is 34.1 Å². The first-order valence-electron chi connectivity index (χ1n) is 4.56. The van der Waals surface area contributed by atoms with E-state index in [9.17, 15) is 0 Å². The van der Waals surface area contributed by atoms with Crippen molar-refractivity contribution in [2.45, 2.75) is 0 Å². The molecule has 4 nitrogen and oxygen atoms in total. The third-order valence-electron chi connectivity index (χ3n) is 1.11. The summed E-state index contributed by atoms with van der Waals surface area (Å²) in [5.41, 5.74) is 0. The maximum atomic E-state index is 7.50. The molecule has 116 valence electrons. The van der Waals surface area contributed by atoms with Crippen molar-refractivity contribution < 1.29 is 52.7 Å². The Morgan fingerprint density at radius 3 is 0.500 bits per heavy atom. The van der Waals surface area contributed by atoms with Gasteiger partial charge in [-0.3, -0.25) is 6.58 Å². The van der Waals surface area contributed by atoms with Gasteiger partial charge in [-0.1, -0.05) is 0 Å². The first kappa shape index (κ1) is 43.0. The maximum absolute atomic E-state index is 7.50. The molecule has 2 aliphatic carbocycles. The Hall–Kier alpha value is -0.261. The third-order valence-corrected chi connectivity index (χ3v) is 1.11. The van der Waals surface area contributed by atoms with Crippen LogP contribution in [0.15, 0.2) is 6.58 Å². The molecule has 0 aliphatic heterocycles. The Kier molecular flexibility index (Phi) is 167. The zero-order valence-electron chi connectivity index (χ0n) is 11.4. The first-order valence-corrected chi connectivity index (χ1v) is 4.56. The summed E-state index contributed by atoms with van der Waals surface area (Å²) in [5, 5.41) is 0. The fourth-order valence-electron chi connectivity index (χ4n) is 0.642. The van der Waals surface area contributed by atoms with Crippen LogP contribution < -0.4 is 0 Å². The van der Waals surface area contributed by atoms with Gasteiger partial charge >= 0.3 is 45.2 Å². The molecule has 12 radical (unpaired) electrons. The molecule has 0 aromatic rings. The van der Waals surface area contributed by atoms with Crippen molar-refractivity contribution in [1.82, 2.24) is 0 Å². The van der Waals surface area contributed by atoms with Crippen molar-refractivity contribution in [1.29, 1.82) is 0 Å². The van der Waals surface area contributed by atoms with Crippen LogP contribution in [-0.2, 0) is 52.7 Å². The molecule has 0 aromatic heterocycles. The van der Waals surface area contributed by atoms with Gasteiger partial charge in [0.15, 0.2) is 0 Å². The van der Waals surface area contributed by atoms with Crippen LogP contribution in [0.4, 0.5) is 0 Å². The van der Waals surface area contributed by atoms with Gasteiger partial charge in [0.05, 0.1) is 0 Å². The maximum Gasteiger partial charge on any atom is 0 e. The Balaban J connectivity index is -0.0000000251. The zero-order valence-corrected chi connectivity index (χ0v) is 13.8. The quantitative estimate of drug-likeness (QED) is 0.352. The van der Waals surface area contributed by atoms with E-state index >= 15 is 0 Å². The molecule has 2 fully saturated rings. The molecule has 22 heavy (non-hydrogen) atoms. The van der Waals surface area contributed by atoms with Crippen molar-refractivity contribution in [2.24, 2.45) is 0 Å². The second kappa shape index (κ2) is 85.2. The van der Waals surface area contributed by atoms with E-state index in [1.165, 1.54) is 0 Å². The van der Waals surface area contributed by atoms with Crippen LogP contribution in [0.25, 0.3) is 0 Å². The van der Waals surface area contributed by atoms with E-state index in [0.717, 1.165) is 0 Å². The van der Waals surface area contributed by atoms with Crippen LogP contribution in [0, 0.1) is 97.4 Å². The second-order valence-corrected chi connectivity index (χ2v) is 1.92. The first-order chi connectivity index (χ1) is 10.0. The average Bonchev–Trinajstić information content (AvgIpc) is 3.34. The standard InChI is InChI=1S/2C5H5.C2H3.4CO.2Mn/c2*1-2-4-5-3-1;5*1-2;;/h2*1-5H;1H,2H2;;;;;;/q;;-1;;;;;;. The van der Waals surface area contributed by atoms with Gasteiger partial charge in [-0.25, -0.2) is 0 Å². The summed E-state index contributed by atoms with van der Waals surface area (Å²) in [6, 6.07) is 0. The number of rotatable bonds is 0. The van der Waals surface area contributed by atoms with E-state index in [2.05, 4.69) is 39.8 Å². The van der Waals surface area contributed by atoms with Crippen molar-refractivity contribution in [2.75, 3.05) is 0 Å². The normalized spacial score (nSPS) is 11.5. The average molecular weight is 379 g/mol. The topological polar surface area (TPSA) is 79.6 Å². The van der Waals surface area contributed by atoms with E-state index in [1.807, 2.05) is 64.2 Å². The minimum atomic E-state index is 0. The Labute approximate surface area is 156 Å². The van der Waals surface area contributed by atoms with Gasteiger partial charge in [-0.05, 0) is 64.2 Å². The molecule has 0 N–H and O–H groups in total. The Morgan fingerprint density at radius 1 is 0.409 bits per heavy atom.